The van der Waals surface area contributed by atoms with Crippen LogP contribution in [0.25, 0.3) is 0 Å². The minimum atomic E-state index is -0.685. The molecule has 0 aromatic heterocycles. The second-order valence-corrected chi connectivity index (χ2v) is 4.51. The molecule has 6 N–H and O–H groups in total. The summed E-state index contributed by atoms with van der Waals surface area (Å²) in [6.07, 6.45) is 1.85. The summed E-state index contributed by atoms with van der Waals surface area (Å²) >= 11 is 0. The summed E-state index contributed by atoms with van der Waals surface area (Å²) < 4.78 is 0. The summed E-state index contributed by atoms with van der Waals surface area (Å²) in [4.78, 5) is 0. The number of nitrogens with two attached hydrogens (primary N) is 2. The Morgan fingerprint density at radius 3 is 2.69 bits per heavy atom. The number of aliphatic hydroxyl groups excluding tert-OH is 2. The average molecular weight is 186 g/mol. The first kappa shape index (κ1) is 9.40. The van der Waals surface area contributed by atoms with Gasteiger partial charge in [0.25, 0.3) is 0 Å². The molecular formula is C9H18N2O2. The summed E-state index contributed by atoms with van der Waals surface area (Å²) in [5, 5.41) is 19.3. The topological polar surface area (TPSA) is 92.5 Å². The van der Waals surface area contributed by atoms with Crippen LogP contribution in [0.3, 0.4) is 0 Å². The molecule has 0 aliphatic heterocycles. The van der Waals surface area contributed by atoms with E-state index < -0.39 is 17.7 Å². The van der Waals surface area contributed by atoms with Crippen molar-refractivity contribution in [2.75, 3.05) is 0 Å². The lowest BCUT2D eigenvalue weighted by Crippen LogP contribution is -2.66. The van der Waals surface area contributed by atoms with E-state index in [0.29, 0.717) is 6.42 Å². The van der Waals surface area contributed by atoms with Gasteiger partial charge in [-0.15, -0.1) is 0 Å². The molecule has 0 aromatic rings. The molecule has 2 rings (SSSR count). The van der Waals surface area contributed by atoms with E-state index in [1.54, 1.807) is 0 Å². The van der Waals surface area contributed by atoms with Gasteiger partial charge in [0.15, 0.2) is 0 Å². The van der Waals surface area contributed by atoms with Crippen molar-refractivity contribution in [3.05, 3.63) is 0 Å². The monoisotopic (exact) mass is 186 g/mol. The largest absolute Gasteiger partial charge is 0.390 e. The van der Waals surface area contributed by atoms with Gasteiger partial charge in [-0.1, -0.05) is 6.42 Å². The van der Waals surface area contributed by atoms with E-state index in [-0.39, 0.29) is 12.0 Å². The highest BCUT2D eigenvalue weighted by Crippen LogP contribution is 2.43. The highest BCUT2D eigenvalue weighted by atomic mass is 16.3. The number of fused-ring (bicyclic) bond motifs is 1. The molecule has 4 nitrogen and oxygen atoms in total. The molecule has 2 aliphatic rings. The fourth-order valence-corrected chi connectivity index (χ4v) is 2.92. The number of aliphatic hydroxyl groups is 2. The van der Waals surface area contributed by atoms with Gasteiger partial charge in [0.2, 0.25) is 0 Å². The molecule has 0 spiro atoms. The van der Waals surface area contributed by atoms with Gasteiger partial charge in [-0.3, -0.25) is 0 Å². The van der Waals surface area contributed by atoms with Crippen molar-refractivity contribution in [1.29, 1.82) is 0 Å². The van der Waals surface area contributed by atoms with E-state index in [0.717, 1.165) is 19.3 Å². The lowest BCUT2D eigenvalue weighted by Gasteiger charge is -2.46. The van der Waals surface area contributed by atoms with Crippen molar-refractivity contribution in [2.24, 2.45) is 17.4 Å². The summed E-state index contributed by atoms with van der Waals surface area (Å²) in [5.74, 6) is -0.00810. The standard InChI is InChI=1S/C9H18N2O2/c10-7-4-6(12)8(13)5-2-1-3-9(5,7)11/h5-8,12-13H,1-4,10-11H2. The zero-order chi connectivity index (χ0) is 9.64. The first-order chi connectivity index (χ1) is 6.05. The molecular weight excluding hydrogens is 168 g/mol. The average Bonchev–Trinajstić information content (AvgIpc) is 2.46. The molecule has 76 valence electrons. The summed E-state index contributed by atoms with van der Waals surface area (Å²) in [6.45, 7) is 0. The third kappa shape index (κ3) is 1.21. The van der Waals surface area contributed by atoms with Crippen LogP contribution in [0, 0.1) is 5.92 Å². The van der Waals surface area contributed by atoms with Crippen molar-refractivity contribution < 1.29 is 10.2 Å². The molecule has 5 unspecified atom stereocenters. The van der Waals surface area contributed by atoms with Gasteiger partial charge in [-0.05, 0) is 19.3 Å². The quantitative estimate of drug-likeness (QED) is 0.388. The van der Waals surface area contributed by atoms with Crippen LogP contribution >= 0.6 is 0 Å². The number of rotatable bonds is 0. The van der Waals surface area contributed by atoms with Crippen molar-refractivity contribution in [3.63, 3.8) is 0 Å². The van der Waals surface area contributed by atoms with E-state index in [4.69, 9.17) is 11.5 Å². The van der Waals surface area contributed by atoms with Crippen LogP contribution in [0.15, 0.2) is 0 Å². The zero-order valence-electron chi connectivity index (χ0n) is 7.69. The third-order valence-electron chi connectivity index (χ3n) is 3.81. The fraction of sp³-hybridized carbons (Fsp3) is 1.00. The molecule has 0 bridgehead atoms. The normalized spacial score (nSPS) is 56.3. The maximum absolute atomic E-state index is 9.75. The van der Waals surface area contributed by atoms with Crippen LogP contribution < -0.4 is 11.5 Å². The van der Waals surface area contributed by atoms with Gasteiger partial charge in [0.1, 0.15) is 0 Å². The van der Waals surface area contributed by atoms with Crippen LogP contribution in [0.4, 0.5) is 0 Å². The molecule has 13 heavy (non-hydrogen) atoms. The molecule has 0 saturated heterocycles. The lowest BCUT2D eigenvalue weighted by molar-refractivity contribution is -0.0733. The number of hydrogen-bond acceptors (Lipinski definition) is 4. The minimum absolute atomic E-state index is 0.00810. The number of hydrogen-bond donors (Lipinski definition) is 4. The minimum Gasteiger partial charge on any atom is -0.390 e. The van der Waals surface area contributed by atoms with E-state index in [1.165, 1.54) is 0 Å². The molecule has 2 fully saturated rings. The Hall–Kier alpha value is -0.160. The maximum atomic E-state index is 9.75. The van der Waals surface area contributed by atoms with Crippen molar-refractivity contribution >= 4 is 0 Å². The van der Waals surface area contributed by atoms with E-state index in [9.17, 15) is 10.2 Å². The Bertz CT molecular complexity index is 212. The van der Waals surface area contributed by atoms with Gasteiger partial charge in [0.05, 0.1) is 12.2 Å². The molecule has 2 aliphatic carbocycles. The van der Waals surface area contributed by atoms with Crippen molar-refractivity contribution in [3.8, 4) is 0 Å². The second-order valence-electron chi connectivity index (χ2n) is 4.51. The Balaban J connectivity index is 2.24. The molecule has 0 aromatic carbocycles. The van der Waals surface area contributed by atoms with Crippen LogP contribution in [0.2, 0.25) is 0 Å². The molecule has 4 heteroatoms. The van der Waals surface area contributed by atoms with Crippen molar-refractivity contribution in [1.82, 2.24) is 0 Å². The second kappa shape index (κ2) is 2.92. The van der Waals surface area contributed by atoms with Gasteiger partial charge in [-0.25, -0.2) is 0 Å². The van der Waals surface area contributed by atoms with Crippen LogP contribution in [0.5, 0.6) is 0 Å². The first-order valence-corrected chi connectivity index (χ1v) is 4.96. The van der Waals surface area contributed by atoms with Crippen molar-refractivity contribution in [2.45, 2.75) is 49.5 Å². The van der Waals surface area contributed by atoms with Gasteiger partial charge >= 0.3 is 0 Å². The summed E-state index contributed by atoms with van der Waals surface area (Å²) in [6, 6.07) is -0.168. The smallest absolute Gasteiger partial charge is 0.0845 e. The Morgan fingerprint density at radius 2 is 2.00 bits per heavy atom. The van der Waals surface area contributed by atoms with Gasteiger partial charge in [-0.2, -0.15) is 0 Å². The zero-order valence-corrected chi connectivity index (χ0v) is 7.69. The van der Waals surface area contributed by atoms with E-state index in [1.807, 2.05) is 0 Å². The molecule has 0 heterocycles. The van der Waals surface area contributed by atoms with Crippen LogP contribution in [-0.2, 0) is 0 Å². The Labute approximate surface area is 77.9 Å². The van der Waals surface area contributed by atoms with Crippen LogP contribution in [0.1, 0.15) is 25.7 Å². The van der Waals surface area contributed by atoms with Gasteiger partial charge < -0.3 is 21.7 Å². The first-order valence-electron chi connectivity index (χ1n) is 4.96. The highest BCUT2D eigenvalue weighted by Gasteiger charge is 2.52. The van der Waals surface area contributed by atoms with E-state index >= 15 is 0 Å². The van der Waals surface area contributed by atoms with Crippen LogP contribution in [-0.4, -0.2) is 34.0 Å². The van der Waals surface area contributed by atoms with E-state index in [2.05, 4.69) is 0 Å². The molecule has 0 amide bonds. The highest BCUT2D eigenvalue weighted by molar-refractivity contribution is 5.11. The molecule has 5 atom stereocenters. The maximum Gasteiger partial charge on any atom is 0.0845 e. The molecule has 2 saturated carbocycles. The third-order valence-corrected chi connectivity index (χ3v) is 3.81. The predicted molar refractivity (Wildman–Crippen MR) is 48.9 cm³/mol. The Kier molecular flexibility index (Phi) is 2.11. The fourth-order valence-electron chi connectivity index (χ4n) is 2.92. The van der Waals surface area contributed by atoms with Gasteiger partial charge in [0, 0.05) is 17.5 Å². The summed E-state index contributed by atoms with van der Waals surface area (Å²) in [7, 11) is 0. The molecule has 0 radical (unpaired) electrons. The lowest BCUT2D eigenvalue weighted by atomic mass is 9.70. The SMILES string of the molecule is NC1CC(O)C(O)C2CCCC12N. The predicted octanol–water partition coefficient (Wildman–Crippen LogP) is -1.06. The Morgan fingerprint density at radius 1 is 1.31 bits per heavy atom. The summed E-state index contributed by atoms with van der Waals surface area (Å²) in [5.41, 5.74) is 11.6.